The topological polar surface area (TPSA) is 47.6 Å². The molecule has 1 aromatic carbocycles. The summed E-state index contributed by atoms with van der Waals surface area (Å²) in [6.07, 6.45) is -0.702. The Morgan fingerprint density at radius 1 is 1.39 bits per heavy atom. The molecule has 18 heavy (non-hydrogen) atoms. The Balaban J connectivity index is 2.89. The van der Waals surface area contributed by atoms with Crippen LogP contribution in [0.5, 0.6) is 5.75 Å². The molecular formula is C10H9Cl2F2NO3. The maximum Gasteiger partial charge on any atom is 0.411 e. The van der Waals surface area contributed by atoms with E-state index in [-0.39, 0.29) is 28.1 Å². The van der Waals surface area contributed by atoms with E-state index in [0.29, 0.717) is 0 Å². The lowest BCUT2D eigenvalue weighted by atomic mass is 10.3. The molecule has 1 N–H and O–H groups in total. The fraction of sp³-hybridized carbons (Fsp3) is 0.300. The zero-order valence-corrected chi connectivity index (χ0v) is 10.7. The van der Waals surface area contributed by atoms with Gasteiger partial charge in [-0.1, -0.05) is 23.2 Å². The van der Waals surface area contributed by atoms with Gasteiger partial charge in [0.1, 0.15) is 0 Å². The summed E-state index contributed by atoms with van der Waals surface area (Å²) in [6, 6.07) is 2.45. The van der Waals surface area contributed by atoms with Crippen molar-refractivity contribution in [2.45, 2.75) is 13.5 Å². The highest BCUT2D eigenvalue weighted by Crippen LogP contribution is 2.36. The van der Waals surface area contributed by atoms with Crippen LogP contribution in [0.3, 0.4) is 0 Å². The monoisotopic (exact) mass is 299 g/mol. The van der Waals surface area contributed by atoms with Gasteiger partial charge >= 0.3 is 12.7 Å². The molecular weight excluding hydrogens is 291 g/mol. The predicted octanol–water partition coefficient (Wildman–Crippen LogP) is 4.16. The van der Waals surface area contributed by atoms with E-state index in [1.54, 1.807) is 6.92 Å². The molecule has 0 heterocycles. The van der Waals surface area contributed by atoms with Crippen molar-refractivity contribution in [1.29, 1.82) is 0 Å². The van der Waals surface area contributed by atoms with E-state index in [9.17, 15) is 13.6 Å². The summed E-state index contributed by atoms with van der Waals surface area (Å²) in [5, 5.41) is 2.04. The quantitative estimate of drug-likeness (QED) is 0.908. The van der Waals surface area contributed by atoms with E-state index in [4.69, 9.17) is 23.2 Å². The van der Waals surface area contributed by atoms with E-state index >= 15 is 0 Å². The number of rotatable bonds is 4. The summed E-state index contributed by atoms with van der Waals surface area (Å²) in [6.45, 7) is -1.21. The molecule has 0 aliphatic rings. The van der Waals surface area contributed by atoms with Crippen molar-refractivity contribution in [3.63, 3.8) is 0 Å². The number of halogens is 4. The molecule has 1 aromatic rings. The summed E-state index contributed by atoms with van der Waals surface area (Å²) in [5.41, 5.74) is 0.213. The molecule has 0 aliphatic carbocycles. The highest BCUT2D eigenvalue weighted by Gasteiger charge is 2.15. The minimum absolute atomic E-state index is 0.144. The Labute approximate surface area is 112 Å². The van der Waals surface area contributed by atoms with Crippen molar-refractivity contribution < 1.29 is 23.0 Å². The van der Waals surface area contributed by atoms with Crippen LogP contribution in [-0.4, -0.2) is 19.3 Å². The molecule has 0 saturated heterocycles. The number of alkyl halides is 2. The molecule has 0 saturated carbocycles. The molecule has 0 spiro atoms. The van der Waals surface area contributed by atoms with E-state index < -0.39 is 12.7 Å². The molecule has 8 heteroatoms. The fourth-order valence-electron chi connectivity index (χ4n) is 1.12. The number of anilines is 1. The number of carbonyl (C=O) groups is 1. The van der Waals surface area contributed by atoms with Gasteiger partial charge < -0.3 is 9.47 Å². The van der Waals surface area contributed by atoms with E-state index in [1.165, 1.54) is 12.1 Å². The molecule has 0 unspecified atom stereocenters. The third-order valence-electron chi connectivity index (χ3n) is 1.73. The van der Waals surface area contributed by atoms with Crippen molar-refractivity contribution in [1.82, 2.24) is 0 Å². The van der Waals surface area contributed by atoms with Crippen LogP contribution >= 0.6 is 23.2 Å². The van der Waals surface area contributed by atoms with Crippen molar-refractivity contribution in [3.05, 3.63) is 22.2 Å². The number of carbonyl (C=O) groups excluding carboxylic acids is 1. The molecule has 0 atom stereocenters. The molecule has 0 bridgehead atoms. The lowest BCUT2D eigenvalue weighted by Gasteiger charge is -2.11. The van der Waals surface area contributed by atoms with Crippen molar-refractivity contribution in [2.24, 2.45) is 0 Å². The van der Waals surface area contributed by atoms with E-state index in [0.717, 1.165) is 0 Å². The lowest BCUT2D eigenvalue weighted by Crippen LogP contribution is -2.13. The van der Waals surface area contributed by atoms with Crippen LogP contribution in [0.25, 0.3) is 0 Å². The molecule has 0 aliphatic heterocycles. The number of hydrogen-bond acceptors (Lipinski definition) is 3. The number of benzene rings is 1. The van der Waals surface area contributed by atoms with Gasteiger partial charge in [0.2, 0.25) is 0 Å². The minimum atomic E-state index is -3.04. The predicted molar refractivity (Wildman–Crippen MR) is 63.7 cm³/mol. The van der Waals surface area contributed by atoms with Gasteiger partial charge in [0, 0.05) is 5.69 Å². The number of nitrogens with one attached hydrogen (secondary N) is 1. The highest BCUT2D eigenvalue weighted by molar-refractivity contribution is 6.37. The van der Waals surface area contributed by atoms with Gasteiger partial charge in [-0.05, 0) is 19.1 Å². The van der Waals surface area contributed by atoms with Crippen molar-refractivity contribution >= 4 is 35.0 Å². The Hall–Kier alpha value is -1.27. The molecule has 0 aromatic heterocycles. The molecule has 1 rings (SSSR count). The number of ether oxygens (including phenoxy) is 2. The molecule has 1 amide bonds. The van der Waals surface area contributed by atoms with Gasteiger partial charge in [-0.3, -0.25) is 5.32 Å². The van der Waals surface area contributed by atoms with Gasteiger partial charge in [0.15, 0.2) is 5.75 Å². The molecule has 0 fully saturated rings. The molecule has 0 radical (unpaired) electrons. The Morgan fingerprint density at radius 3 is 2.39 bits per heavy atom. The second kappa shape index (κ2) is 6.61. The maximum atomic E-state index is 12.1. The van der Waals surface area contributed by atoms with Crippen molar-refractivity contribution in [2.75, 3.05) is 11.9 Å². The SMILES string of the molecule is CCOC(=O)Nc1cc(Cl)c(OC(F)F)c(Cl)c1. The minimum Gasteiger partial charge on any atom is -0.450 e. The standard InChI is InChI=1S/C10H9Cl2F2NO3/c1-2-17-10(16)15-5-3-6(11)8(7(12)4-5)18-9(13)14/h3-4,9H,2H2,1H3,(H,15,16). The van der Waals surface area contributed by atoms with Gasteiger partial charge in [0.05, 0.1) is 16.7 Å². The van der Waals surface area contributed by atoms with Crippen LogP contribution in [0.1, 0.15) is 6.92 Å². The molecule has 100 valence electrons. The average molecular weight is 300 g/mol. The number of hydrogen-bond donors (Lipinski definition) is 1. The van der Waals surface area contributed by atoms with E-state index in [2.05, 4.69) is 14.8 Å². The zero-order chi connectivity index (χ0) is 13.7. The average Bonchev–Trinajstić information content (AvgIpc) is 2.23. The lowest BCUT2D eigenvalue weighted by molar-refractivity contribution is -0.0497. The zero-order valence-electron chi connectivity index (χ0n) is 9.18. The number of amides is 1. The normalized spacial score (nSPS) is 10.3. The summed E-state index contributed by atoms with van der Waals surface area (Å²) in [4.78, 5) is 11.1. The van der Waals surface area contributed by atoms with Crippen LogP contribution in [0, 0.1) is 0 Å². The Kier molecular flexibility index (Phi) is 5.43. The second-order valence-electron chi connectivity index (χ2n) is 2.99. The van der Waals surface area contributed by atoms with Gasteiger partial charge in [-0.25, -0.2) is 4.79 Å². The first-order chi connectivity index (χ1) is 8.43. The third kappa shape index (κ3) is 4.19. The third-order valence-corrected chi connectivity index (χ3v) is 2.29. The Bertz CT molecular complexity index is 420. The second-order valence-corrected chi connectivity index (χ2v) is 3.81. The first-order valence-corrected chi connectivity index (χ1v) is 5.57. The summed E-state index contributed by atoms with van der Waals surface area (Å²) in [5.74, 6) is -0.345. The fourth-order valence-corrected chi connectivity index (χ4v) is 1.69. The summed E-state index contributed by atoms with van der Waals surface area (Å²) < 4.78 is 32.9. The summed E-state index contributed by atoms with van der Waals surface area (Å²) >= 11 is 11.4. The van der Waals surface area contributed by atoms with Crippen LogP contribution in [-0.2, 0) is 4.74 Å². The molecule has 4 nitrogen and oxygen atoms in total. The summed E-state index contributed by atoms with van der Waals surface area (Å²) in [7, 11) is 0. The van der Waals surface area contributed by atoms with Crippen LogP contribution in [0.2, 0.25) is 10.0 Å². The van der Waals surface area contributed by atoms with Gasteiger partial charge in [-0.15, -0.1) is 0 Å². The first kappa shape index (κ1) is 14.8. The highest BCUT2D eigenvalue weighted by atomic mass is 35.5. The van der Waals surface area contributed by atoms with Gasteiger partial charge in [-0.2, -0.15) is 8.78 Å². The van der Waals surface area contributed by atoms with Gasteiger partial charge in [0.25, 0.3) is 0 Å². The maximum absolute atomic E-state index is 12.1. The van der Waals surface area contributed by atoms with E-state index in [1.807, 2.05) is 0 Å². The van der Waals surface area contributed by atoms with Crippen LogP contribution in [0.4, 0.5) is 19.3 Å². The Morgan fingerprint density at radius 2 is 1.94 bits per heavy atom. The van der Waals surface area contributed by atoms with Crippen LogP contribution < -0.4 is 10.1 Å². The first-order valence-electron chi connectivity index (χ1n) is 4.81. The largest absolute Gasteiger partial charge is 0.450 e. The smallest absolute Gasteiger partial charge is 0.411 e. The van der Waals surface area contributed by atoms with Crippen molar-refractivity contribution in [3.8, 4) is 5.75 Å². The van der Waals surface area contributed by atoms with Crippen LogP contribution in [0.15, 0.2) is 12.1 Å².